The van der Waals surface area contributed by atoms with Gasteiger partial charge in [0.2, 0.25) is 0 Å². The Hall–Kier alpha value is -0.490. The standard InChI is InChI=1S/C9H14N2O2S/c1-6-9(14-5-11-6)2-10-7-3-13-4-8(7)12/h5,7-8,10,12H,2-4H2,1H3. The van der Waals surface area contributed by atoms with Crippen molar-refractivity contribution in [1.82, 2.24) is 10.3 Å². The third-order valence-electron chi connectivity index (χ3n) is 2.42. The van der Waals surface area contributed by atoms with E-state index in [4.69, 9.17) is 4.74 Å². The van der Waals surface area contributed by atoms with Crippen LogP contribution in [-0.2, 0) is 11.3 Å². The zero-order valence-electron chi connectivity index (χ0n) is 8.06. The fourth-order valence-corrected chi connectivity index (χ4v) is 2.19. The maximum atomic E-state index is 9.49. The lowest BCUT2D eigenvalue weighted by Crippen LogP contribution is -2.38. The smallest absolute Gasteiger partial charge is 0.0948 e. The highest BCUT2D eigenvalue weighted by Gasteiger charge is 2.25. The van der Waals surface area contributed by atoms with Crippen LogP contribution in [0.5, 0.6) is 0 Å². The second-order valence-corrected chi connectivity index (χ2v) is 4.39. The Labute approximate surface area is 86.9 Å². The molecular formula is C9H14N2O2S. The molecule has 0 saturated carbocycles. The normalized spacial score (nSPS) is 27.0. The summed E-state index contributed by atoms with van der Waals surface area (Å²) in [6, 6.07) is 0.0662. The Bertz CT molecular complexity index is 303. The van der Waals surface area contributed by atoms with Crippen LogP contribution >= 0.6 is 11.3 Å². The number of ether oxygens (including phenoxy) is 1. The van der Waals surface area contributed by atoms with E-state index in [1.807, 2.05) is 12.4 Å². The van der Waals surface area contributed by atoms with Crippen molar-refractivity contribution in [1.29, 1.82) is 0 Å². The van der Waals surface area contributed by atoms with Crippen LogP contribution < -0.4 is 5.32 Å². The summed E-state index contributed by atoms with van der Waals surface area (Å²) < 4.78 is 5.14. The quantitative estimate of drug-likeness (QED) is 0.760. The lowest BCUT2D eigenvalue weighted by atomic mass is 10.2. The number of thiazole rings is 1. The average Bonchev–Trinajstić information content (AvgIpc) is 2.72. The lowest BCUT2D eigenvalue weighted by molar-refractivity contribution is 0.122. The fraction of sp³-hybridized carbons (Fsp3) is 0.667. The van der Waals surface area contributed by atoms with E-state index in [-0.39, 0.29) is 12.1 Å². The molecule has 2 heterocycles. The molecule has 0 radical (unpaired) electrons. The number of nitrogens with zero attached hydrogens (tertiary/aromatic N) is 1. The van der Waals surface area contributed by atoms with Crippen LogP contribution in [0.25, 0.3) is 0 Å². The second kappa shape index (κ2) is 4.35. The van der Waals surface area contributed by atoms with E-state index >= 15 is 0 Å². The summed E-state index contributed by atoms with van der Waals surface area (Å²) in [6.45, 7) is 3.80. The lowest BCUT2D eigenvalue weighted by Gasteiger charge is -2.13. The first kappa shape index (κ1) is 10.0. The van der Waals surface area contributed by atoms with E-state index in [0.29, 0.717) is 13.2 Å². The number of rotatable bonds is 3. The summed E-state index contributed by atoms with van der Waals surface area (Å²) >= 11 is 1.64. The topological polar surface area (TPSA) is 54.4 Å². The number of aliphatic hydroxyl groups excluding tert-OH is 1. The highest BCUT2D eigenvalue weighted by molar-refractivity contribution is 7.09. The van der Waals surface area contributed by atoms with Gasteiger partial charge in [-0.05, 0) is 6.92 Å². The summed E-state index contributed by atoms with van der Waals surface area (Å²) in [4.78, 5) is 5.39. The first-order valence-electron chi connectivity index (χ1n) is 4.65. The van der Waals surface area contributed by atoms with Crippen molar-refractivity contribution in [3.8, 4) is 0 Å². The SMILES string of the molecule is Cc1ncsc1CNC1COCC1O. The van der Waals surface area contributed by atoms with Gasteiger partial charge in [-0.25, -0.2) is 4.98 Å². The first-order chi connectivity index (χ1) is 6.77. The summed E-state index contributed by atoms with van der Waals surface area (Å²) in [6.07, 6.45) is -0.372. The van der Waals surface area contributed by atoms with Crippen molar-refractivity contribution in [2.45, 2.75) is 25.6 Å². The molecule has 4 nitrogen and oxygen atoms in total. The van der Waals surface area contributed by atoms with Crippen LogP contribution in [0.1, 0.15) is 10.6 Å². The van der Waals surface area contributed by atoms with E-state index in [0.717, 1.165) is 12.2 Å². The minimum Gasteiger partial charge on any atom is -0.389 e. The number of nitrogens with one attached hydrogen (secondary N) is 1. The Morgan fingerprint density at radius 2 is 2.57 bits per heavy atom. The molecule has 0 spiro atoms. The molecule has 2 atom stereocenters. The van der Waals surface area contributed by atoms with Gasteiger partial charge in [-0.1, -0.05) is 0 Å². The van der Waals surface area contributed by atoms with Gasteiger partial charge < -0.3 is 15.2 Å². The van der Waals surface area contributed by atoms with E-state index in [2.05, 4.69) is 10.3 Å². The monoisotopic (exact) mass is 214 g/mol. The molecule has 5 heteroatoms. The molecule has 14 heavy (non-hydrogen) atoms. The van der Waals surface area contributed by atoms with Crippen LogP contribution in [0.4, 0.5) is 0 Å². The molecule has 2 N–H and O–H groups in total. The number of aromatic nitrogens is 1. The van der Waals surface area contributed by atoms with Crippen LogP contribution in [0.3, 0.4) is 0 Å². The van der Waals surface area contributed by atoms with Crippen LogP contribution in [0.15, 0.2) is 5.51 Å². The summed E-state index contributed by atoms with van der Waals surface area (Å²) in [7, 11) is 0. The van der Waals surface area contributed by atoms with E-state index < -0.39 is 0 Å². The minimum atomic E-state index is -0.372. The molecule has 2 unspecified atom stereocenters. The van der Waals surface area contributed by atoms with E-state index in [9.17, 15) is 5.11 Å². The van der Waals surface area contributed by atoms with Gasteiger partial charge in [0.25, 0.3) is 0 Å². The Morgan fingerprint density at radius 1 is 1.71 bits per heavy atom. The predicted molar refractivity (Wildman–Crippen MR) is 54.3 cm³/mol. The van der Waals surface area contributed by atoms with Crippen molar-refractivity contribution in [3.05, 3.63) is 16.1 Å². The predicted octanol–water partition coefficient (Wildman–Crippen LogP) is 0.301. The Balaban J connectivity index is 1.85. The van der Waals surface area contributed by atoms with Gasteiger partial charge in [-0.15, -0.1) is 11.3 Å². The Morgan fingerprint density at radius 3 is 3.14 bits per heavy atom. The molecule has 1 aliphatic rings. The number of hydrogen-bond acceptors (Lipinski definition) is 5. The highest BCUT2D eigenvalue weighted by Crippen LogP contribution is 2.13. The summed E-state index contributed by atoms with van der Waals surface area (Å²) in [5.74, 6) is 0. The van der Waals surface area contributed by atoms with Crippen LogP contribution in [-0.4, -0.2) is 35.5 Å². The second-order valence-electron chi connectivity index (χ2n) is 3.45. The molecule has 0 aliphatic carbocycles. The van der Waals surface area contributed by atoms with Gasteiger partial charge >= 0.3 is 0 Å². The Kier molecular flexibility index (Phi) is 3.12. The molecule has 1 saturated heterocycles. The van der Waals surface area contributed by atoms with Gasteiger partial charge in [0, 0.05) is 11.4 Å². The maximum Gasteiger partial charge on any atom is 0.0948 e. The largest absolute Gasteiger partial charge is 0.389 e. The van der Waals surface area contributed by atoms with Crippen molar-refractivity contribution >= 4 is 11.3 Å². The molecule has 1 aliphatic heterocycles. The van der Waals surface area contributed by atoms with Gasteiger partial charge in [0.1, 0.15) is 0 Å². The number of hydrogen-bond donors (Lipinski definition) is 2. The van der Waals surface area contributed by atoms with E-state index in [1.54, 1.807) is 11.3 Å². The van der Waals surface area contributed by atoms with Crippen molar-refractivity contribution in [2.24, 2.45) is 0 Å². The molecular weight excluding hydrogens is 200 g/mol. The van der Waals surface area contributed by atoms with Crippen molar-refractivity contribution in [3.63, 3.8) is 0 Å². The van der Waals surface area contributed by atoms with Crippen LogP contribution in [0, 0.1) is 6.92 Å². The molecule has 1 aromatic heterocycles. The molecule has 1 aromatic rings. The number of aliphatic hydroxyl groups is 1. The zero-order valence-corrected chi connectivity index (χ0v) is 8.88. The molecule has 0 bridgehead atoms. The first-order valence-corrected chi connectivity index (χ1v) is 5.53. The number of aryl methyl sites for hydroxylation is 1. The molecule has 0 amide bonds. The third-order valence-corrected chi connectivity index (χ3v) is 3.36. The molecule has 0 aromatic carbocycles. The summed E-state index contributed by atoms with van der Waals surface area (Å²) in [5.41, 5.74) is 2.91. The third kappa shape index (κ3) is 2.12. The van der Waals surface area contributed by atoms with Crippen molar-refractivity contribution < 1.29 is 9.84 Å². The van der Waals surface area contributed by atoms with Gasteiger partial charge in [-0.3, -0.25) is 0 Å². The minimum absolute atomic E-state index is 0.0662. The van der Waals surface area contributed by atoms with Gasteiger partial charge in [-0.2, -0.15) is 0 Å². The fourth-order valence-electron chi connectivity index (χ4n) is 1.46. The molecule has 78 valence electrons. The highest BCUT2D eigenvalue weighted by atomic mass is 32.1. The average molecular weight is 214 g/mol. The van der Waals surface area contributed by atoms with Crippen molar-refractivity contribution in [2.75, 3.05) is 13.2 Å². The van der Waals surface area contributed by atoms with Gasteiger partial charge in [0.15, 0.2) is 0 Å². The maximum absolute atomic E-state index is 9.49. The van der Waals surface area contributed by atoms with Crippen LogP contribution in [0.2, 0.25) is 0 Å². The molecule has 2 rings (SSSR count). The molecule has 1 fully saturated rings. The summed E-state index contributed by atoms with van der Waals surface area (Å²) in [5, 5.41) is 12.8. The van der Waals surface area contributed by atoms with E-state index in [1.165, 1.54) is 4.88 Å². The zero-order chi connectivity index (χ0) is 9.97. The van der Waals surface area contributed by atoms with Gasteiger partial charge in [0.05, 0.1) is 36.6 Å².